The van der Waals surface area contributed by atoms with Crippen LogP contribution in [0.5, 0.6) is 0 Å². The lowest BCUT2D eigenvalue weighted by Gasteiger charge is -2.16. The lowest BCUT2D eigenvalue weighted by Crippen LogP contribution is -2.42. The molecule has 3 rings (SSSR count). The summed E-state index contributed by atoms with van der Waals surface area (Å²) in [6.45, 7) is -0.460. The first-order valence-electron chi connectivity index (χ1n) is 9.10. The molecule has 2 aromatic carbocycles. The van der Waals surface area contributed by atoms with Gasteiger partial charge >= 0.3 is 11.8 Å². The Kier molecular flexibility index (Phi) is 6.81. The molecule has 0 radical (unpaired) electrons. The molecule has 0 aliphatic heterocycles. The fraction of sp³-hybridized carbons (Fsp3) is 0.143. The van der Waals surface area contributed by atoms with Crippen LogP contribution in [0.4, 0.5) is 8.78 Å². The van der Waals surface area contributed by atoms with Crippen molar-refractivity contribution in [2.45, 2.75) is 16.7 Å². The molecule has 0 saturated heterocycles. The van der Waals surface area contributed by atoms with Gasteiger partial charge in [0.05, 0.1) is 11.2 Å². The summed E-state index contributed by atoms with van der Waals surface area (Å²) in [5.41, 5.74) is 0.579. The minimum absolute atomic E-state index is 0.0119. The minimum atomic E-state index is -4.06. The summed E-state index contributed by atoms with van der Waals surface area (Å²) in [6.07, 6.45) is 1.28. The number of amides is 2. The summed E-state index contributed by atoms with van der Waals surface area (Å²) in [7, 11) is -4.06. The van der Waals surface area contributed by atoms with Crippen LogP contribution in [0.2, 0.25) is 0 Å². The van der Waals surface area contributed by atoms with E-state index >= 15 is 0 Å². The number of benzene rings is 2. The van der Waals surface area contributed by atoms with Crippen molar-refractivity contribution in [2.75, 3.05) is 6.54 Å². The van der Waals surface area contributed by atoms with E-state index < -0.39 is 45.1 Å². The normalized spacial score (nSPS) is 12.2. The predicted molar refractivity (Wildman–Crippen MR) is 106 cm³/mol. The third-order valence-electron chi connectivity index (χ3n) is 4.40. The van der Waals surface area contributed by atoms with Crippen molar-refractivity contribution in [1.82, 2.24) is 10.6 Å². The number of rotatable bonds is 7. The molecule has 0 bridgehead atoms. The van der Waals surface area contributed by atoms with Crippen molar-refractivity contribution in [3.8, 4) is 0 Å². The number of carbonyl (C=O) groups excluding carboxylic acids is 2. The third-order valence-corrected chi connectivity index (χ3v) is 6.48. The first kappa shape index (κ1) is 22.2. The molecule has 0 fully saturated rings. The largest absolute Gasteiger partial charge is 0.468 e. The molecule has 0 saturated carbocycles. The van der Waals surface area contributed by atoms with E-state index in [1.807, 2.05) is 0 Å². The van der Waals surface area contributed by atoms with Gasteiger partial charge in [-0.25, -0.2) is 17.2 Å². The van der Waals surface area contributed by atoms with E-state index in [2.05, 4.69) is 10.6 Å². The highest BCUT2D eigenvalue weighted by molar-refractivity contribution is 7.91. The van der Waals surface area contributed by atoms with E-state index in [9.17, 15) is 26.8 Å². The van der Waals surface area contributed by atoms with Gasteiger partial charge in [-0.2, -0.15) is 0 Å². The smallest absolute Gasteiger partial charge is 0.309 e. The number of halogens is 2. The topological polar surface area (TPSA) is 105 Å². The summed E-state index contributed by atoms with van der Waals surface area (Å²) in [6, 6.07) is 12.5. The molecule has 162 valence electrons. The molecule has 1 atom stereocenters. The Morgan fingerprint density at radius 2 is 1.45 bits per heavy atom. The maximum atomic E-state index is 13.2. The van der Waals surface area contributed by atoms with E-state index in [1.54, 1.807) is 0 Å². The zero-order valence-corrected chi connectivity index (χ0v) is 16.9. The second-order valence-electron chi connectivity index (χ2n) is 6.52. The van der Waals surface area contributed by atoms with Crippen LogP contribution >= 0.6 is 0 Å². The van der Waals surface area contributed by atoms with E-state index in [0.29, 0.717) is 5.56 Å². The molecular formula is C21H18F2N2O5S. The van der Waals surface area contributed by atoms with Crippen LogP contribution in [0.1, 0.15) is 16.6 Å². The second kappa shape index (κ2) is 9.52. The van der Waals surface area contributed by atoms with Gasteiger partial charge in [-0.05, 0) is 54.1 Å². The Balaban J connectivity index is 1.68. The van der Waals surface area contributed by atoms with Gasteiger partial charge in [-0.15, -0.1) is 0 Å². The van der Waals surface area contributed by atoms with Crippen molar-refractivity contribution in [3.63, 3.8) is 0 Å². The molecule has 2 N–H and O–H groups in total. The number of furan rings is 1. The molecular weight excluding hydrogens is 430 g/mol. The minimum Gasteiger partial charge on any atom is -0.468 e. The summed E-state index contributed by atoms with van der Waals surface area (Å²) in [4.78, 5) is 24.0. The lowest BCUT2D eigenvalue weighted by atomic mass is 10.2. The molecule has 7 nitrogen and oxygen atoms in total. The molecule has 10 heteroatoms. The van der Waals surface area contributed by atoms with Crippen LogP contribution in [0.15, 0.2) is 76.2 Å². The monoisotopic (exact) mass is 448 g/mol. The van der Waals surface area contributed by atoms with Crippen LogP contribution in [-0.4, -0.2) is 26.8 Å². The van der Waals surface area contributed by atoms with Crippen LogP contribution in [-0.2, 0) is 26.0 Å². The maximum absolute atomic E-state index is 13.2. The Morgan fingerprint density at radius 3 is 2.03 bits per heavy atom. The van der Waals surface area contributed by atoms with Gasteiger partial charge in [0.15, 0.2) is 9.84 Å². The lowest BCUT2D eigenvalue weighted by molar-refractivity contribution is -0.139. The van der Waals surface area contributed by atoms with Crippen LogP contribution in [0.25, 0.3) is 0 Å². The molecule has 0 aliphatic rings. The van der Waals surface area contributed by atoms with Crippen molar-refractivity contribution in [2.24, 2.45) is 0 Å². The van der Waals surface area contributed by atoms with Crippen LogP contribution in [0, 0.1) is 11.6 Å². The van der Waals surface area contributed by atoms with Crippen molar-refractivity contribution < 1.29 is 31.2 Å². The highest BCUT2D eigenvalue weighted by Crippen LogP contribution is 2.29. The van der Waals surface area contributed by atoms with Gasteiger partial charge in [0.25, 0.3) is 0 Å². The fourth-order valence-electron chi connectivity index (χ4n) is 2.76. The molecule has 1 heterocycles. The number of sulfone groups is 1. The van der Waals surface area contributed by atoms with Gasteiger partial charge in [-0.1, -0.05) is 12.1 Å². The number of hydrogen-bond acceptors (Lipinski definition) is 5. The predicted octanol–water partition coefficient (Wildman–Crippen LogP) is 2.51. The maximum Gasteiger partial charge on any atom is 0.309 e. The Labute approximate surface area is 177 Å². The summed E-state index contributed by atoms with van der Waals surface area (Å²) in [5.74, 6) is -3.01. The van der Waals surface area contributed by atoms with E-state index in [-0.39, 0.29) is 17.2 Å². The SMILES string of the molecule is O=C(NCc1ccc(F)cc1)C(=O)NCC(c1ccco1)S(=O)(=O)c1ccc(F)cc1. The average molecular weight is 448 g/mol. The zero-order chi connectivity index (χ0) is 22.4. The first-order valence-corrected chi connectivity index (χ1v) is 10.7. The van der Waals surface area contributed by atoms with Crippen LogP contribution < -0.4 is 10.6 Å². The molecule has 0 aliphatic carbocycles. The van der Waals surface area contributed by atoms with Gasteiger partial charge in [-0.3, -0.25) is 9.59 Å². The quantitative estimate of drug-likeness (QED) is 0.427. The zero-order valence-electron chi connectivity index (χ0n) is 16.0. The van der Waals surface area contributed by atoms with Gasteiger partial charge < -0.3 is 15.1 Å². The van der Waals surface area contributed by atoms with Crippen molar-refractivity contribution in [3.05, 3.63) is 89.9 Å². The van der Waals surface area contributed by atoms with Crippen LogP contribution in [0.3, 0.4) is 0 Å². The van der Waals surface area contributed by atoms with Crippen molar-refractivity contribution in [1.29, 1.82) is 0 Å². The summed E-state index contributed by atoms with van der Waals surface area (Å²) >= 11 is 0. The van der Waals surface area contributed by atoms with Gasteiger partial charge in [0.1, 0.15) is 22.6 Å². The third kappa shape index (κ3) is 5.54. The van der Waals surface area contributed by atoms with E-state index in [0.717, 1.165) is 24.3 Å². The fourth-order valence-corrected chi connectivity index (χ4v) is 4.34. The van der Waals surface area contributed by atoms with E-state index in [4.69, 9.17) is 4.42 Å². The number of carbonyl (C=O) groups is 2. The molecule has 2 amide bonds. The molecule has 0 spiro atoms. The first-order chi connectivity index (χ1) is 14.8. The Hall–Kier alpha value is -3.53. The Bertz CT molecular complexity index is 1150. The Morgan fingerprint density at radius 1 is 0.871 bits per heavy atom. The highest BCUT2D eigenvalue weighted by atomic mass is 32.2. The summed E-state index contributed by atoms with van der Waals surface area (Å²) in [5, 5.41) is 3.31. The number of nitrogens with one attached hydrogen (secondary N) is 2. The second-order valence-corrected chi connectivity index (χ2v) is 8.65. The average Bonchev–Trinajstić information content (AvgIpc) is 3.27. The van der Waals surface area contributed by atoms with E-state index in [1.165, 1.54) is 42.7 Å². The standard InChI is InChI=1S/C21H18F2N2O5S/c22-15-5-3-14(4-6-15)12-24-20(26)21(27)25-13-19(18-2-1-11-30-18)31(28,29)17-9-7-16(23)8-10-17/h1-11,19H,12-13H2,(H,24,26)(H,25,27). The number of hydrogen-bond donors (Lipinski definition) is 2. The summed E-state index contributed by atoms with van der Waals surface area (Å²) < 4.78 is 57.3. The molecule has 1 aromatic heterocycles. The van der Waals surface area contributed by atoms with Gasteiger partial charge in [0.2, 0.25) is 0 Å². The van der Waals surface area contributed by atoms with Crippen molar-refractivity contribution >= 4 is 21.7 Å². The molecule has 3 aromatic rings. The van der Waals surface area contributed by atoms with Gasteiger partial charge in [0, 0.05) is 13.1 Å². The highest BCUT2D eigenvalue weighted by Gasteiger charge is 2.32. The molecule has 1 unspecified atom stereocenters. The molecule has 31 heavy (non-hydrogen) atoms.